The Morgan fingerprint density at radius 2 is 1.74 bits per heavy atom. The van der Waals surface area contributed by atoms with Gasteiger partial charge in [-0.15, -0.1) is 0 Å². The highest BCUT2D eigenvalue weighted by Crippen LogP contribution is 2.24. The van der Waals surface area contributed by atoms with E-state index >= 15 is 0 Å². The molecule has 0 aliphatic rings. The van der Waals surface area contributed by atoms with E-state index in [2.05, 4.69) is 29.4 Å². The Bertz CT molecular complexity index is 1290. The lowest BCUT2D eigenvalue weighted by molar-refractivity contribution is -0.400. The number of carbonyl (C=O) groups excluding carboxylic acids is 1. The number of ether oxygens (including phenoxy) is 1. The maximum absolute atomic E-state index is 11.3. The van der Waals surface area contributed by atoms with Gasteiger partial charge in [0.25, 0.3) is 0 Å². The van der Waals surface area contributed by atoms with Crippen LogP contribution < -0.4 is 20.4 Å². The molecular formula is C26H25N2O3+. The number of carbonyl (C=O) groups is 1. The normalized spacial score (nSPS) is 11.5. The molecule has 0 spiro atoms. The molecule has 0 saturated heterocycles. The molecule has 4 aromatic rings. The van der Waals surface area contributed by atoms with E-state index in [1.165, 1.54) is 12.5 Å². The first-order chi connectivity index (χ1) is 15.1. The lowest BCUT2D eigenvalue weighted by atomic mass is 10.1. The summed E-state index contributed by atoms with van der Waals surface area (Å²) in [5, 5.41) is 4.76. The minimum absolute atomic E-state index is 0.0902. The van der Waals surface area contributed by atoms with Crippen molar-refractivity contribution in [3.05, 3.63) is 83.7 Å². The van der Waals surface area contributed by atoms with E-state index in [-0.39, 0.29) is 5.91 Å². The van der Waals surface area contributed by atoms with Crippen LogP contribution in [0.4, 0.5) is 11.4 Å². The van der Waals surface area contributed by atoms with Crippen LogP contribution in [0.15, 0.2) is 77.2 Å². The molecule has 0 aliphatic heterocycles. The highest BCUT2D eigenvalue weighted by molar-refractivity contribution is 5.88. The molecule has 5 heteroatoms. The number of nitrogens with one attached hydrogen (secondary N) is 2. The number of aryl methyl sites for hydroxylation is 1. The van der Waals surface area contributed by atoms with Crippen molar-refractivity contribution in [2.24, 2.45) is 0 Å². The van der Waals surface area contributed by atoms with Gasteiger partial charge in [-0.3, -0.25) is 4.79 Å². The third-order valence-electron chi connectivity index (χ3n) is 5.10. The van der Waals surface area contributed by atoms with Gasteiger partial charge in [-0.25, -0.2) is 4.99 Å². The predicted octanol–water partition coefficient (Wildman–Crippen LogP) is 3.94. The number of amides is 1. The number of rotatable bonds is 5. The molecule has 31 heavy (non-hydrogen) atoms. The zero-order chi connectivity index (χ0) is 21.8. The minimum atomic E-state index is -0.0902. The number of benzene rings is 3. The van der Waals surface area contributed by atoms with Crippen LogP contribution in [0.2, 0.25) is 0 Å². The summed E-state index contributed by atoms with van der Waals surface area (Å²) in [6.07, 6.45) is 0.945. The monoisotopic (exact) mass is 413 g/mol. The van der Waals surface area contributed by atoms with Gasteiger partial charge in [0.05, 0.1) is 18.6 Å². The molecule has 1 amide bonds. The van der Waals surface area contributed by atoms with Crippen LogP contribution >= 0.6 is 0 Å². The summed E-state index contributed by atoms with van der Waals surface area (Å²) in [5.41, 5.74) is 4.69. The van der Waals surface area contributed by atoms with Gasteiger partial charge in [0.1, 0.15) is 17.1 Å². The first kappa shape index (κ1) is 20.4. The standard InChI is InChI=1S/C26H24N2O3/c1-4-18-5-14-25-23(15-18)24(28-21-10-8-20(9-11-21)27-17(2)29)16-26(31-25)19-6-12-22(30-3)13-7-19/h5-16H,4H2,1-3H3,(H,27,29)/p+1. The summed E-state index contributed by atoms with van der Waals surface area (Å²) in [4.78, 5) is 14.8. The molecule has 0 aliphatic carbocycles. The van der Waals surface area contributed by atoms with Gasteiger partial charge >= 0.3 is 0 Å². The summed E-state index contributed by atoms with van der Waals surface area (Å²) < 4.78 is 11.5. The van der Waals surface area contributed by atoms with Gasteiger partial charge in [0.15, 0.2) is 0 Å². The summed E-state index contributed by atoms with van der Waals surface area (Å²) >= 11 is 0. The Hall–Kier alpha value is -3.86. The largest absolute Gasteiger partial charge is 0.497 e. The van der Waals surface area contributed by atoms with Crippen LogP contribution in [0.5, 0.6) is 5.75 Å². The van der Waals surface area contributed by atoms with E-state index in [4.69, 9.17) is 9.15 Å². The summed E-state index contributed by atoms with van der Waals surface area (Å²) in [5.74, 6) is 1.47. The van der Waals surface area contributed by atoms with Gasteiger partial charge in [0.2, 0.25) is 17.0 Å². The van der Waals surface area contributed by atoms with Crippen molar-refractivity contribution in [3.8, 4) is 17.1 Å². The number of hydrogen-bond donors (Lipinski definition) is 2. The topological polar surface area (TPSA) is 65.4 Å². The Balaban J connectivity index is 1.86. The molecule has 5 nitrogen and oxygen atoms in total. The summed E-state index contributed by atoms with van der Waals surface area (Å²) in [6, 6.07) is 23.7. The molecule has 0 atom stereocenters. The van der Waals surface area contributed by atoms with Crippen LogP contribution in [0, 0.1) is 0 Å². The van der Waals surface area contributed by atoms with Gasteiger partial charge in [0, 0.05) is 30.3 Å². The molecule has 0 bridgehead atoms. The van der Waals surface area contributed by atoms with E-state index in [0.717, 1.165) is 51.2 Å². The van der Waals surface area contributed by atoms with Gasteiger partial charge in [-0.2, -0.15) is 0 Å². The molecule has 0 unspecified atom stereocenters. The SMILES string of the molecule is CCc1ccc2oc(-c3ccc(OC)cc3)cc(=[NH+]c3ccc(NC(C)=O)cc3)c2c1. The first-order valence-electron chi connectivity index (χ1n) is 10.2. The average Bonchev–Trinajstić information content (AvgIpc) is 2.79. The molecular weight excluding hydrogens is 388 g/mol. The highest BCUT2D eigenvalue weighted by Gasteiger charge is 2.11. The third kappa shape index (κ3) is 4.67. The fourth-order valence-electron chi connectivity index (χ4n) is 3.45. The van der Waals surface area contributed by atoms with Crippen LogP contribution in [0.25, 0.3) is 22.3 Å². The second kappa shape index (κ2) is 8.88. The van der Waals surface area contributed by atoms with Gasteiger partial charge in [-0.05, 0) is 60.5 Å². The maximum Gasteiger partial charge on any atom is 0.221 e. The van der Waals surface area contributed by atoms with Crippen molar-refractivity contribution < 1.29 is 18.9 Å². The van der Waals surface area contributed by atoms with E-state index < -0.39 is 0 Å². The molecule has 3 aromatic carbocycles. The van der Waals surface area contributed by atoms with Crippen LogP contribution in [0.1, 0.15) is 19.4 Å². The Morgan fingerprint density at radius 1 is 1.00 bits per heavy atom. The second-order valence-electron chi connectivity index (χ2n) is 7.32. The number of anilines is 1. The highest BCUT2D eigenvalue weighted by atomic mass is 16.5. The summed E-state index contributed by atoms with van der Waals surface area (Å²) in [6.45, 7) is 3.63. The lowest BCUT2D eigenvalue weighted by Gasteiger charge is -2.06. The Labute approximate surface area is 181 Å². The molecule has 0 fully saturated rings. The Morgan fingerprint density at radius 3 is 2.39 bits per heavy atom. The molecule has 4 rings (SSSR count). The first-order valence-corrected chi connectivity index (χ1v) is 10.2. The zero-order valence-corrected chi connectivity index (χ0v) is 17.9. The van der Waals surface area contributed by atoms with E-state index in [1.54, 1.807) is 7.11 Å². The van der Waals surface area contributed by atoms with Crippen molar-refractivity contribution in [1.29, 1.82) is 0 Å². The third-order valence-corrected chi connectivity index (χ3v) is 5.10. The maximum atomic E-state index is 11.3. The smallest absolute Gasteiger partial charge is 0.221 e. The molecule has 1 aromatic heterocycles. The van der Waals surface area contributed by atoms with Crippen LogP contribution in [-0.4, -0.2) is 13.0 Å². The van der Waals surface area contributed by atoms with Crippen molar-refractivity contribution in [2.75, 3.05) is 12.4 Å². The number of methoxy groups -OCH3 is 1. The quantitative estimate of drug-likeness (QED) is 0.521. The molecule has 0 radical (unpaired) electrons. The zero-order valence-electron chi connectivity index (χ0n) is 17.9. The molecule has 156 valence electrons. The van der Waals surface area contributed by atoms with Gasteiger partial charge in [-0.1, -0.05) is 13.0 Å². The van der Waals surface area contributed by atoms with Crippen molar-refractivity contribution in [2.45, 2.75) is 20.3 Å². The fraction of sp³-hybridized carbons (Fsp3) is 0.154. The molecule has 0 saturated carbocycles. The van der Waals surface area contributed by atoms with E-state index in [1.807, 2.05) is 60.7 Å². The average molecular weight is 413 g/mol. The number of hydrogen-bond acceptors (Lipinski definition) is 3. The van der Waals surface area contributed by atoms with Crippen molar-refractivity contribution in [3.63, 3.8) is 0 Å². The fourth-order valence-corrected chi connectivity index (χ4v) is 3.45. The predicted molar refractivity (Wildman–Crippen MR) is 122 cm³/mol. The van der Waals surface area contributed by atoms with Crippen LogP contribution in [-0.2, 0) is 11.2 Å². The molecule has 2 N–H and O–H groups in total. The minimum Gasteiger partial charge on any atom is -0.497 e. The van der Waals surface area contributed by atoms with E-state index in [0.29, 0.717) is 0 Å². The summed E-state index contributed by atoms with van der Waals surface area (Å²) in [7, 11) is 1.65. The second-order valence-corrected chi connectivity index (χ2v) is 7.32. The van der Waals surface area contributed by atoms with E-state index in [9.17, 15) is 4.79 Å². The van der Waals surface area contributed by atoms with Crippen LogP contribution in [0.3, 0.4) is 0 Å². The Kier molecular flexibility index (Phi) is 5.85. The molecule has 1 heterocycles. The lowest BCUT2D eigenvalue weighted by Crippen LogP contribution is -2.70. The number of fused-ring (bicyclic) bond motifs is 1. The van der Waals surface area contributed by atoms with Gasteiger partial charge < -0.3 is 14.5 Å². The van der Waals surface area contributed by atoms with Crippen molar-refractivity contribution in [1.82, 2.24) is 0 Å². The van der Waals surface area contributed by atoms with Crippen molar-refractivity contribution >= 4 is 28.3 Å².